The molecule has 1 aromatic rings. The quantitative estimate of drug-likeness (QED) is 0.460. The van der Waals surface area contributed by atoms with Crippen molar-refractivity contribution < 1.29 is 14.3 Å². The van der Waals surface area contributed by atoms with Crippen molar-refractivity contribution in [3.05, 3.63) is 29.8 Å². The largest absolute Gasteiger partial charge is 0.466 e. The fourth-order valence-corrected chi connectivity index (χ4v) is 1.24. The number of hydrazine groups is 1. The molecule has 2 N–H and O–H groups in total. The molecule has 0 aliphatic carbocycles. The van der Waals surface area contributed by atoms with Crippen molar-refractivity contribution in [1.82, 2.24) is 5.43 Å². The van der Waals surface area contributed by atoms with Crippen LogP contribution in [0.25, 0.3) is 0 Å². The number of para-hydroxylation sites is 1. The molecule has 0 bridgehead atoms. The fraction of sp³-hybridized carbons (Fsp3) is 0.333. The Hall–Kier alpha value is -2.04. The molecular weight excluding hydrogens is 220 g/mol. The molecule has 0 saturated heterocycles. The average molecular weight is 236 g/mol. The zero-order chi connectivity index (χ0) is 12.7. The highest BCUT2D eigenvalue weighted by atomic mass is 16.5. The monoisotopic (exact) mass is 236 g/mol. The third-order valence-electron chi connectivity index (χ3n) is 2.09. The summed E-state index contributed by atoms with van der Waals surface area (Å²) >= 11 is 0. The minimum absolute atomic E-state index is 0.275. The Labute approximate surface area is 100 Å². The molecule has 0 spiro atoms. The molecular formula is C12H16N2O3. The second kappa shape index (κ2) is 6.52. The summed E-state index contributed by atoms with van der Waals surface area (Å²) in [6.45, 7) is 3.89. The summed E-state index contributed by atoms with van der Waals surface area (Å²) in [5.41, 5.74) is 6.99. The zero-order valence-electron chi connectivity index (χ0n) is 9.95. The van der Waals surface area contributed by atoms with E-state index in [1.54, 1.807) is 6.92 Å². The lowest BCUT2D eigenvalue weighted by molar-refractivity contribution is -0.145. The van der Waals surface area contributed by atoms with Gasteiger partial charge in [0.15, 0.2) is 0 Å². The molecule has 0 fully saturated rings. The summed E-state index contributed by atoms with van der Waals surface area (Å²) < 4.78 is 4.66. The van der Waals surface area contributed by atoms with E-state index in [1.165, 1.54) is 0 Å². The predicted molar refractivity (Wildman–Crippen MR) is 64.2 cm³/mol. The fourth-order valence-electron chi connectivity index (χ4n) is 1.24. The lowest BCUT2D eigenvalue weighted by atomic mass is 10.2. The van der Waals surface area contributed by atoms with Gasteiger partial charge in [0.05, 0.1) is 12.3 Å². The second-order valence-corrected chi connectivity index (χ2v) is 3.47. The van der Waals surface area contributed by atoms with E-state index in [0.29, 0.717) is 0 Å². The molecule has 1 amide bonds. The third-order valence-corrected chi connectivity index (χ3v) is 2.09. The first-order chi connectivity index (χ1) is 8.13. The maximum absolute atomic E-state index is 11.3. The van der Waals surface area contributed by atoms with Gasteiger partial charge in [0.1, 0.15) is 6.42 Å². The van der Waals surface area contributed by atoms with Gasteiger partial charge in [-0.25, -0.2) is 0 Å². The number of esters is 1. The van der Waals surface area contributed by atoms with Gasteiger partial charge in [-0.3, -0.25) is 20.4 Å². The minimum atomic E-state index is -0.531. The second-order valence-electron chi connectivity index (χ2n) is 3.47. The van der Waals surface area contributed by atoms with Crippen LogP contribution in [0.15, 0.2) is 24.3 Å². The molecule has 0 heterocycles. The van der Waals surface area contributed by atoms with E-state index >= 15 is 0 Å². The maximum atomic E-state index is 11.3. The lowest BCUT2D eigenvalue weighted by Gasteiger charge is -2.10. The summed E-state index contributed by atoms with van der Waals surface area (Å²) in [6.07, 6.45) is -0.285. The summed E-state index contributed by atoms with van der Waals surface area (Å²) in [5, 5.41) is 0. The summed E-state index contributed by atoms with van der Waals surface area (Å²) in [4.78, 5) is 22.4. The molecule has 1 aromatic carbocycles. The van der Waals surface area contributed by atoms with Crippen LogP contribution in [0.4, 0.5) is 5.69 Å². The summed E-state index contributed by atoms with van der Waals surface area (Å²) in [6, 6.07) is 7.51. The van der Waals surface area contributed by atoms with Crippen LogP contribution >= 0.6 is 0 Å². The van der Waals surface area contributed by atoms with Gasteiger partial charge in [-0.1, -0.05) is 18.2 Å². The van der Waals surface area contributed by atoms with Crippen molar-refractivity contribution in [2.75, 3.05) is 12.0 Å². The number of carbonyl (C=O) groups is 2. The topological polar surface area (TPSA) is 67.4 Å². The number of carbonyl (C=O) groups excluding carboxylic acids is 2. The first-order valence-electron chi connectivity index (χ1n) is 5.39. The molecule has 1 rings (SSSR count). The van der Waals surface area contributed by atoms with Crippen molar-refractivity contribution >= 4 is 17.6 Å². The van der Waals surface area contributed by atoms with Crippen molar-refractivity contribution in [2.45, 2.75) is 20.3 Å². The van der Waals surface area contributed by atoms with Crippen molar-refractivity contribution in [3.63, 3.8) is 0 Å². The van der Waals surface area contributed by atoms with E-state index in [-0.39, 0.29) is 13.0 Å². The van der Waals surface area contributed by atoms with Gasteiger partial charge in [-0.05, 0) is 25.5 Å². The van der Waals surface area contributed by atoms with Gasteiger partial charge < -0.3 is 4.74 Å². The Bertz CT molecular complexity index is 404. The minimum Gasteiger partial charge on any atom is -0.466 e. The smallest absolute Gasteiger partial charge is 0.315 e. The highest BCUT2D eigenvalue weighted by Crippen LogP contribution is 2.11. The highest BCUT2D eigenvalue weighted by molar-refractivity contribution is 5.94. The van der Waals surface area contributed by atoms with Crippen molar-refractivity contribution in [1.29, 1.82) is 0 Å². The first kappa shape index (κ1) is 13.0. The van der Waals surface area contributed by atoms with E-state index < -0.39 is 11.9 Å². The van der Waals surface area contributed by atoms with E-state index in [0.717, 1.165) is 11.3 Å². The molecule has 0 unspecified atom stereocenters. The number of amides is 1. The number of hydrogen-bond acceptors (Lipinski definition) is 4. The van der Waals surface area contributed by atoms with Crippen LogP contribution in [0.3, 0.4) is 0 Å². The number of hydrogen-bond donors (Lipinski definition) is 2. The van der Waals surface area contributed by atoms with Gasteiger partial charge in [0, 0.05) is 0 Å². The normalized spacial score (nSPS) is 9.53. The number of benzene rings is 1. The molecule has 0 saturated carbocycles. The van der Waals surface area contributed by atoms with Gasteiger partial charge in [0.2, 0.25) is 5.91 Å². The number of rotatable bonds is 5. The number of ether oxygens (including phenoxy) is 1. The SMILES string of the molecule is CCOC(=O)CC(=O)NNc1ccccc1C. The number of nitrogens with one attached hydrogen (secondary N) is 2. The standard InChI is InChI=1S/C12H16N2O3/c1-3-17-12(16)8-11(15)14-13-10-7-5-4-6-9(10)2/h4-7,13H,3,8H2,1-2H3,(H,14,15). The maximum Gasteiger partial charge on any atom is 0.315 e. The van der Waals surface area contributed by atoms with Crippen molar-refractivity contribution in [3.8, 4) is 0 Å². The molecule has 0 aliphatic rings. The first-order valence-corrected chi connectivity index (χ1v) is 5.39. The number of aryl methyl sites for hydroxylation is 1. The predicted octanol–water partition coefficient (Wildman–Crippen LogP) is 1.39. The van der Waals surface area contributed by atoms with Crippen LogP contribution < -0.4 is 10.9 Å². The van der Waals surface area contributed by atoms with Crippen LogP contribution in [0.2, 0.25) is 0 Å². The van der Waals surface area contributed by atoms with Gasteiger partial charge in [-0.2, -0.15) is 0 Å². The highest BCUT2D eigenvalue weighted by Gasteiger charge is 2.09. The van der Waals surface area contributed by atoms with Gasteiger partial charge in [-0.15, -0.1) is 0 Å². The molecule has 5 heteroatoms. The Morgan fingerprint density at radius 3 is 2.65 bits per heavy atom. The van der Waals surface area contributed by atoms with E-state index in [1.807, 2.05) is 31.2 Å². The van der Waals surface area contributed by atoms with E-state index in [9.17, 15) is 9.59 Å². The lowest BCUT2D eigenvalue weighted by Crippen LogP contribution is -2.31. The Balaban J connectivity index is 2.38. The Morgan fingerprint density at radius 1 is 1.29 bits per heavy atom. The van der Waals surface area contributed by atoms with Gasteiger partial charge in [0.25, 0.3) is 0 Å². The Kier molecular flexibility index (Phi) is 5.00. The van der Waals surface area contributed by atoms with E-state index in [2.05, 4.69) is 15.6 Å². The van der Waals surface area contributed by atoms with Crippen LogP contribution in [-0.2, 0) is 14.3 Å². The molecule has 17 heavy (non-hydrogen) atoms. The van der Waals surface area contributed by atoms with E-state index in [4.69, 9.17) is 0 Å². The Morgan fingerprint density at radius 2 is 2.00 bits per heavy atom. The van der Waals surface area contributed by atoms with Crippen LogP contribution in [-0.4, -0.2) is 18.5 Å². The molecule has 92 valence electrons. The number of anilines is 1. The average Bonchev–Trinajstić information content (AvgIpc) is 2.28. The summed E-state index contributed by atoms with van der Waals surface area (Å²) in [7, 11) is 0. The zero-order valence-corrected chi connectivity index (χ0v) is 9.95. The molecule has 0 aromatic heterocycles. The molecule has 5 nitrogen and oxygen atoms in total. The van der Waals surface area contributed by atoms with Crippen molar-refractivity contribution in [2.24, 2.45) is 0 Å². The van der Waals surface area contributed by atoms with Crippen LogP contribution in [0.5, 0.6) is 0 Å². The third kappa shape index (κ3) is 4.55. The molecule has 0 atom stereocenters. The summed E-state index contributed by atoms with van der Waals surface area (Å²) in [5.74, 6) is -0.955. The van der Waals surface area contributed by atoms with Crippen LogP contribution in [0, 0.1) is 6.92 Å². The van der Waals surface area contributed by atoms with Crippen LogP contribution in [0.1, 0.15) is 18.9 Å². The molecule has 0 radical (unpaired) electrons. The van der Waals surface area contributed by atoms with Gasteiger partial charge >= 0.3 is 5.97 Å². The molecule has 0 aliphatic heterocycles.